The molecule has 2 rings (SSSR count). The molecular weight excluding hydrogens is 378 g/mol. The molecule has 0 radical (unpaired) electrons. The molecule has 2 aromatic rings. The lowest BCUT2D eigenvalue weighted by molar-refractivity contribution is -0.153. The minimum absolute atomic E-state index is 0.221. The quantitative estimate of drug-likeness (QED) is 0.629. The first kappa shape index (κ1) is 22.1. The number of esters is 1. The van der Waals surface area contributed by atoms with Crippen molar-refractivity contribution in [3.05, 3.63) is 27.1 Å². The Morgan fingerprint density at radius 2 is 1.79 bits per heavy atom. The summed E-state index contributed by atoms with van der Waals surface area (Å²) in [5, 5.41) is 0.536. The monoisotopic (exact) mass is 407 g/mol. The third-order valence-electron chi connectivity index (χ3n) is 4.34. The lowest BCUT2D eigenvalue weighted by atomic mass is 10.1. The molecule has 0 atom stereocenters. The summed E-state index contributed by atoms with van der Waals surface area (Å²) in [4.78, 5) is 44.9. The van der Waals surface area contributed by atoms with Gasteiger partial charge < -0.3 is 9.64 Å². The normalized spacial score (nSPS) is 11.4. The third-order valence-corrected chi connectivity index (χ3v) is 5.45. The number of amides is 1. The summed E-state index contributed by atoms with van der Waals surface area (Å²) < 4.78 is 6.37. The van der Waals surface area contributed by atoms with Crippen molar-refractivity contribution in [1.29, 1.82) is 0 Å². The van der Waals surface area contributed by atoms with E-state index in [9.17, 15) is 14.4 Å². The molecule has 2 aromatic heterocycles. The minimum Gasteiger partial charge on any atom is -0.454 e. The van der Waals surface area contributed by atoms with E-state index in [1.807, 2.05) is 41.5 Å². The highest BCUT2D eigenvalue weighted by atomic mass is 32.1. The van der Waals surface area contributed by atoms with E-state index < -0.39 is 5.97 Å². The Kier molecular flexibility index (Phi) is 7.35. The molecule has 28 heavy (non-hydrogen) atoms. The van der Waals surface area contributed by atoms with Crippen molar-refractivity contribution in [3.8, 4) is 0 Å². The van der Waals surface area contributed by atoms with Gasteiger partial charge in [-0.25, -0.2) is 4.98 Å². The first-order valence-corrected chi connectivity index (χ1v) is 10.3. The van der Waals surface area contributed by atoms with Crippen LogP contribution in [0.3, 0.4) is 0 Å². The SMILES string of the molecule is Cc1sc2ncn(CC(=O)OCC(=O)N(CC(C)C)CC(C)C)c(=O)c2c1C. The van der Waals surface area contributed by atoms with E-state index in [2.05, 4.69) is 4.98 Å². The molecule has 0 spiro atoms. The lowest BCUT2D eigenvalue weighted by Crippen LogP contribution is -2.40. The number of carbonyl (C=O) groups is 2. The van der Waals surface area contributed by atoms with Crippen LogP contribution >= 0.6 is 11.3 Å². The van der Waals surface area contributed by atoms with Crippen LogP contribution in [0.15, 0.2) is 11.1 Å². The summed E-state index contributed by atoms with van der Waals surface area (Å²) in [5.74, 6) is -0.199. The van der Waals surface area contributed by atoms with Gasteiger partial charge in [0.2, 0.25) is 0 Å². The number of nitrogens with zero attached hydrogens (tertiary/aromatic N) is 3. The molecule has 0 unspecified atom stereocenters. The first-order valence-electron chi connectivity index (χ1n) is 9.48. The molecule has 154 valence electrons. The van der Waals surface area contributed by atoms with Crippen LogP contribution in [0.1, 0.15) is 38.1 Å². The topological polar surface area (TPSA) is 81.5 Å². The fourth-order valence-electron chi connectivity index (χ4n) is 2.96. The maximum absolute atomic E-state index is 12.6. The number of fused-ring (bicyclic) bond motifs is 1. The lowest BCUT2D eigenvalue weighted by Gasteiger charge is -2.26. The van der Waals surface area contributed by atoms with Gasteiger partial charge in [0.25, 0.3) is 11.5 Å². The number of hydrogen-bond acceptors (Lipinski definition) is 6. The molecule has 0 saturated carbocycles. The van der Waals surface area contributed by atoms with Crippen LogP contribution in [0.2, 0.25) is 0 Å². The second-order valence-corrected chi connectivity index (χ2v) is 9.09. The van der Waals surface area contributed by atoms with E-state index in [1.165, 1.54) is 22.2 Å². The zero-order valence-corrected chi connectivity index (χ0v) is 18.3. The van der Waals surface area contributed by atoms with Crippen molar-refractivity contribution in [3.63, 3.8) is 0 Å². The van der Waals surface area contributed by atoms with Crippen LogP contribution in [0.25, 0.3) is 10.2 Å². The maximum atomic E-state index is 12.6. The molecular formula is C20H29N3O4S. The molecule has 0 aliphatic carbocycles. The van der Waals surface area contributed by atoms with Crippen LogP contribution in [0, 0.1) is 25.7 Å². The molecule has 0 aliphatic heterocycles. The van der Waals surface area contributed by atoms with Crippen LogP contribution in [0.5, 0.6) is 0 Å². The Morgan fingerprint density at radius 1 is 1.18 bits per heavy atom. The summed E-state index contributed by atoms with van der Waals surface area (Å²) in [5.41, 5.74) is 0.616. The predicted octanol–water partition coefficient (Wildman–Crippen LogP) is 2.76. The second-order valence-electron chi connectivity index (χ2n) is 7.89. The van der Waals surface area contributed by atoms with E-state index in [-0.39, 0.29) is 24.6 Å². The zero-order valence-electron chi connectivity index (χ0n) is 17.4. The number of ether oxygens (including phenoxy) is 1. The van der Waals surface area contributed by atoms with Gasteiger partial charge in [-0.05, 0) is 31.2 Å². The molecule has 0 saturated heterocycles. The largest absolute Gasteiger partial charge is 0.454 e. The number of aromatic nitrogens is 2. The fourth-order valence-corrected chi connectivity index (χ4v) is 3.95. The highest BCUT2D eigenvalue weighted by Gasteiger charge is 2.19. The van der Waals surface area contributed by atoms with Crippen LogP contribution in [0.4, 0.5) is 0 Å². The summed E-state index contributed by atoms with van der Waals surface area (Å²) in [7, 11) is 0. The summed E-state index contributed by atoms with van der Waals surface area (Å²) in [6.45, 7) is 12.6. The molecule has 7 nitrogen and oxygen atoms in total. The number of thiophene rings is 1. The highest BCUT2D eigenvalue weighted by molar-refractivity contribution is 7.18. The van der Waals surface area contributed by atoms with Crippen molar-refractivity contribution in [2.24, 2.45) is 11.8 Å². The van der Waals surface area contributed by atoms with Gasteiger partial charge in [-0.3, -0.25) is 19.0 Å². The molecule has 8 heteroatoms. The van der Waals surface area contributed by atoms with Crippen molar-refractivity contribution in [1.82, 2.24) is 14.5 Å². The maximum Gasteiger partial charge on any atom is 0.326 e. The van der Waals surface area contributed by atoms with Gasteiger partial charge >= 0.3 is 5.97 Å². The average molecular weight is 408 g/mol. The van der Waals surface area contributed by atoms with E-state index in [0.29, 0.717) is 35.1 Å². The minimum atomic E-state index is -0.629. The third kappa shape index (κ3) is 5.41. The van der Waals surface area contributed by atoms with Crippen LogP contribution in [-0.4, -0.2) is 46.0 Å². The van der Waals surface area contributed by atoms with E-state index in [0.717, 1.165) is 10.4 Å². The Bertz CT molecular complexity index is 904. The smallest absolute Gasteiger partial charge is 0.326 e. The van der Waals surface area contributed by atoms with Gasteiger partial charge in [-0.2, -0.15) is 0 Å². The van der Waals surface area contributed by atoms with E-state index in [1.54, 1.807) is 4.90 Å². The molecule has 0 N–H and O–H groups in total. The van der Waals surface area contributed by atoms with Gasteiger partial charge in [0.1, 0.15) is 11.4 Å². The molecule has 0 fully saturated rings. The average Bonchev–Trinajstić information content (AvgIpc) is 2.89. The van der Waals surface area contributed by atoms with Crippen molar-refractivity contribution in [2.45, 2.75) is 48.1 Å². The summed E-state index contributed by atoms with van der Waals surface area (Å²) in [6, 6.07) is 0. The standard InChI is InChI=1S/C20H29N3O4S/c1-12(2)7-22(8-13(3)4)16(24)10-27-17(25)9-23-11-21-19-18(20(23)26)14(5)15(6)28-19/h11-13H,7-10H2,1-6H3. The number of aryl methyl sites for hydroxylation is 2. The Hall–Kier alpha value is -2.22. The number of hydrogen-bond donors (Lipinski definition) is 0. The van der Waals surface area contributed by atoms with Gasteiger partial charge in [0.15, 0.2) is 6.61 Å². The molecule has 0 aromatic carbocycles. The Morgan fingerprint density at radius 3 is 2.36 bits per heavy atom. The van der Waals surface area contributed by atoms with Gasteiger partial charge in [0.05, 0.1) is 11.7 Å². The van der Waals surface area contributed by atoms with Gasteiger partial charge in [-0.15, -0.1) is 11.3 Å². The number of rotatable bonds is 8. The van der Waals surface area contributed by atoms with Gasteiger partial charge in [-0.1, -0.05) is 27.7 Å². The predicted molar refractivity (Wildman–Crippen MR) is 111 cm³/mol. The Balaban J connectivity index is 2.03. The Labute approximate surface area is 169 Å². The molecule has 0 aliphatic rings. The van der Waals surface area contributed by atoms with E-state index in [4.69, 9.17) is 4.74 Å². The number of carbonyl (C=O) groups excluding carboxylic acids is 2. The van der Waals surface area contributed by atoms with Crippen LogP contribution < -0.4 is 5.56 Å². The molecule has 2 heterocycles. The second kappa shape index (κ2) is 9.32. The molecule has 1 amide bonds. The molecule has 0 bridgehead atoms. The summed E-state index contributed by atoms with van der Waals surface area (Å²) in [6.07, 6.45) is 1.35. The zero-order chi connectivity index (χ0) is 21.0. The van der Waals surface area contributed by atoms with Gasteiger partial charge in [0, 0.05) is 18.0 Å². The van der Waals surface area contributed by atoms with Crippen molar-refractivity contribution in [2.75, 3.05) is 19.7 Å². The van der Waals surface area contributed by atoms with E-state index >= 15 is 0 Å². The van der Waals surface area contributed by atoms with Crippen molar-refractivity contribution < 1.29 is 14.3 Å². The summed E-state index contributed by atoms with van der Waals surface area (Å²) >= 11 is 1.46. The van der Waals surface area contributed by atoms with Crippen LogP contribution in [-0.2, 0) is 20.9 Å². The fraction of sp³-hybridized carbons (Fsp3) is 0.600. The van der Waals surface area contributed by atoms with Crippen molar-refractivity contribution >= 4 is 33.4 Å². The highest BCUT2D eigenvalue weighted by Crippen LogP contribution is 2.25. The first-order chi connectivity index (χ1) is 13.1.